The zero-order chi connectivity index (χ0) is 21.1. The molecule has 0 spiro atoms. The molecule has 0 aliphatic heterocycles. The maximum atomic E-state index is 2.45. The van der Waals surface area contributed by atoms with E-state index in [9.17, 15) is 0 Å². The van der Waals surface area contributed by atoms with Crippen LogP contribution in [-0.2, 0) is 0 Å². The summed E-state index contributed by atoms with van der Waals surface area (Å²) >= 11 is 0. The van der Waals surface area contributed by atoms with Gasteiger partial charge < -0.3 is 0 Å². The van der Waals surface area contributed by atoms with Gasteiger partial charge >= 0.3 is 0 Å². The van der Waals surface area contributed by atoms with Crippen molar-refractivity contribution in [2.75, 3.05) is 6.16 Å². The van der Waals surface area contributed by atoms with Crippen LogP contribution in [0.4, 0.5) is 0 Å². The smallest absolute Gasteiger partial charge is 0.0127 e. The fourth-order valence-electron chi connectivity index (χ4n) is 4.49. The summed E-state index contributed by atoms with van der Waals surface area (Å²) in [6, 6.07) is 22.5. The van der Waals surface area contributed by atoms with Crippen LogP contribution in [0.15, 0.2) is 84.5 Å². The van der Waals surface area contributed by atoms with Crippen molar-refractivity contribution in [3.05, 3.63) is 84.5 Å². The first-order chi connectivity index (χ1) is 13.7. The quantitative estimate of drug-likeness (QED) is 0.424. The highest BCUT2D eigenvalue weighted by Crippen LogP contribution is 2.63. The van der Waals surface area contributed by atoms with Crippen LogP contribution in [0.3, 0.4) is 0 Å². The number of hydrogen-bond donors (Lipinski definition) is 0. The van der Waals surface area contributed by atoms with Crippen molar-refractivity contribution in [1.29, 1.82) is 0 Å². The molecule has 154 valence electrons. The van der Waals surface area contributed by atoms with Gasteiger partial charge in [-0.3, -0.25) is 0 Å². The Morgan fingerprint density at radius 1 is 0.759 bits per heavy atom. The average molecular weight is 423 g/mol. The topological polar surface area (TPSA) is 0 Å². The lowest BCUT2D eigenvalue weighted by Crippen LogP contribution is -2.33. The molecule has 0 aromatic heterocycles. The van der Waals surface area contributed by atoms with Crippen LogP contribution in [-0.4, -0.2) is 22.1 Å². The van der Waals surface area contributed by atoms with E-state index in [-0.39, 0.29) is 7.92 Å². The molecule has 1 aliphatic rings. The van der Waals surface area contributed by atoms with Gasteiger partial charge in [-0.2, -0.15) is 0 Å². The molecule has 1 aliphatic carbocycles. The van der Waals surface area contributed by atoms with E-state index in [2.05, 4.69) is 120 Å². The SMILES string of the molecule is CC(C)(C)P(CC(C1=CC=CC1)P(c1ccccc1)c1ccccc1)C(C)(C)C. The van der Waals surface area contributed by atoms with Gasteiger partial charge in [0.05, 0.1) is 0 Å². The van der Waals surface area contributed by atoms with Gasteiger partial charge in [0.25, 0.3) is 0 Å². The van der Waals surface area contributed by atoms with Crippen molar-refractivity contribution in [2.45, 2.75) is 63.9 Å². The van der Waals surface area contributed by atoms with E-state index in [1.165, 1.54) is 16.8 Å². The second-order valence-electron chi connectivity index (χ2n) is 9.88. The Hall–Kier alpha value is -1.22. The standard InChI is InChI=1S/C27H36P2/c1-26(2,3)28(27(4,5)6)21-25(22-15-13-14-16-22)29(23-17-9-7-10-18-23)24-19-11-8-12-20-24/h7-15,17-20,25H,16,21H2,1-6H3. The highest BCUT2D eigenvalue weighted by atomic mass is 31.1. The lowest BCUT2D eigenvalue weighted by Gasteiger charge is -2.45. The zero-order valence-electron chi connectivity index (χ0n) is 18.9. The molecule has 0 N–H and O–H groups in total. The molecule has 3 rings (SSSR count). The molecular weight excluding hydrogens is 386 g/mol. The van der Waals surface area contributed by atoms with E-state index in [4.69, 9.17) is 0 Å². The summed E-state index contributed by atoms with van der Waals surface area (Å²) in [5.74, 6) is 0. The van der Waals surface area contributed by atoms with Crippen LogP contribution in [0.25, 0.3) is 0 Å². The van der Waals surface area contributed by atoms with Crippen LogP contribution in [0.1, 0.15) is 48.0 Å². The van der Waals surface area contributed by atoms with E-state index in [1.54, 1.807) is 5.57 Å². The third-order valence-corrected chi connectivity index (χ3v) is 12.7. The van der Waals surface area contributed by atoms with Crippen LogP contribution in [0.5, 0.6) is 0 Å². The Kier molecular flexibility index (Phi) is 7.19. The minimum atomic E-state index is -0.444. The van der Waals surface area contributed by atoms with Crippen molar-refractivity contribution in [2.24, 2.45) is 0 Å². The summed E-state index contributed by atoms with van der Waals surface area (Å²) in [5.41, 5.74) is 2.22. The summed E-state index contributed by atoms with van der Waals surface area (Å²) < 4.78 is 0. The second-order valence-corrected chi connectivity index (χ2v) is 16.2. The number of rotatable bonds is 6. The van der Waals surface area contributed by atoms with Gasteiger partial charge in [-0.05, 0) is 41.4 Å². The number of hydrogen-bond acceptors (Lipinski definition) is 0. The minimum absolute atomic E-state index is 0.164. The summed E-state index contributed by atoms with van der Waals surface area (Å²) in [7, 11) is -0.608. The Balaban J connectivity index is 2.10. The molecule has 0 saturated carbocycles. The Bertz CT molecular complexity index is 782. The van der Waals surface area contributed by atoms with Crippen molar-refractivity contribution >= 4 is 26.5 Å². The Morgan fingerprint density at radius 3 is 1.62 bits per heavy atom. The van der Waals surface area contributed by atoms with Gasteiger partial charge in [0, 0.05) is 5.66 Å². The third kappa shape index (κ3) is 5.69. The van der Waals surface area contributed by atoms with Gasteiger partial charge in [0.2, 0.25) is 0 Å². The second kappa shape index (κ2) is 9.29. The summed E-state index contributed by atoms with van der Waals surface area (Å²) in [5, 5.41) is 3.69. The lowest BCUT2D eigenvalue weighted by atomic mass is 10.2. The summed E-state index contributed by atoms with van der Waals surface area (Å²) in [4.78, 5) is 0. The van der Waals surface area contributed by atoms with Gasteiger partial charge in [0.1, 0.15) is 0 Å². The van der Waals surface area contributed by atoms with Crippen molar-refractivity contribution in [1.82, 2.24) is 0 Å². The van der Waals surface area contributed by atoms with Crippen molar-refractivity contribution in [3.63, 3.8) is 0 Å². The molecule has 0 bridgehead atoms. The molecule has 0 nitrogen and oxygen atoms in total. The normalized spacial score (nSPS) is 15.8. The molecule has 1 unspecified atom stereocenters. The Labute approximate surface area is 181 Å². The molecule has 0 heterocycles. The van der Waals surface area contributed by atoms with E-state index >= 15 is 0 Å². The molecule has 1 atom stereocenters. The monoisotopic (exact) mass is 422 g/mol. The van der Waals surface area contributed by atoms with Crippen LogP contribution >= 0.6 is 15.8 Å². The molecule has 0 radical (unpaired) electrons. The number of allylic oxidation sites excluding steroid dienone is 4. The molecule has 2 aromatic carbocycles. The molecule has 2 heteroatoms. The average Bonchev–Trinajstić information content (AvgIpc) is 3.19. The maximum Gasteiger partial charge on any atom is 0.0127 e. The summed E-state index contributed by atoms with van der Waals surface area (Å²) in [6.07, 6.45) is 9.42. The van der Waals surface area contributed by atoms with Gasteiger partial charge in [0.15, 0.2) is 0 Å². The van der Waals surface area contributed by atoms with Crippen molar-refractivity contribution < 1.29 is 0 Å². The van der Waals surface area contributed by atoms with Crippen molar-refractivity contribution in [3.8, 4) is 0 Å². The molecule has 0 amide bonds. The van der Waals surface area contributed by atoms with E-state index in [0.29, 0.717) is 16.0 Å². The maximum absolute atomic E-state index is 2.45. The lowest BCUT2D eigenvalue weighted by molar-refractivity contribution is 0.702. The van der Waals surface area contributed by atoms with Gasteiger partial charge in [-0.1, -0.05) is 134 Å². The molecule has 0 saturated heterocycles. The van der Waals surface area contributed by atoms with E-state index in [0.717, 1.165) is 6.42 Å². The largest absolute Gasteiger partial charge is 0.0947 e. The van der Waals surface area contributed by atoms with Gasteiger partial charge in [-0.25, -0.2) is 0 Å². The molecule has 29 heavy (non-hydrogen) atoms. The predicted octanol–water partition coefficient (Wildman–Crippen LogP) is 7.45. The van der Waals surface area contributed by atoms with Gasteiger partial charge in [-0.15, -0.1) is 0 Å². The first kappa shape index (κ1) is 22.5. The van der Waals surface area contributed by atoms with Crippen LogP contribution in [0, 0.1) is 0 Å². The fraction of sp³-hybridized carbons (Fsp3) is 0.407. The predicted molar refractivity (Wildman–Crippen MR) is 136 cm³/mol. The molecule has 0 fully saturated rings. The first-order valence-corrected chi connectivity index (χ1v) is 13.6. The highest BCUT2D eigenvalue weighted by Gasteiger charge is 2.39. The third-order valence-electron chi connectivity index (χ3n) is 5.58. The van der Waals surface area contributed by atoms with E-state index in [1.807, 2.05) is 0 Å². The minimum Gasteiger partial charge on any atom is -0.0947 e. The van der Waals surface area contributed by atoms with Crippen LogP contribution in [0.2, 0.25) is 0 Å². The molecular formula is C27H36P2. The number of benzene rings is 2. The van der Waals surface area contributed by atoms with E-state index < -0.39 is 7.92 Å². The Morgan fingerprint density at radius 2 is 1.24 bits per heavy atom. The summed E-state index contributed by atoms with van der Waals surface area (Å²) in [6.45, 7) is 14.7. The molecule has 2 aromatic rings. The zero-order valence-corrected chi connectivity index (χ0v) is 20.7. The highest BCUT2D eigenvalue weighted by molar-refractivity contribution is 7.75. The fourth-order valence-corrected chi connectivity index (χ4v) is 11.8. The van der Waals surface area contributed by atoms with Crippen LogP contribution < -0.4 is 10.6 Å². The first-order valence-electron chi connectivity index (χ1n) is 10.7.